The van der Waals surface area contributed by atoms with Gasteiger partial charge in [0.15, 0.2) is 0 Å². The maximum absolute atomic E-state index is 6.94. The Kier molecular flexibility index (Phi) is 11.4. The van der Waals surface area contributed by atoms with Crippen molar-refractivity contribution in [1.29, 1.82) is 0 Å². The van der Waals surface area contributed by atoms with Crippen molar-refractivity contribution in [1.82, 2.24) is 19.9 Å². The number of aromatic amines is 2. The Morgan fingerprint density at radius 3 is 0.754 bits per heavy atom. The summed E-state index contributed by atoms with van der Waals surface area (Å²) in [5.41, 5.74) is 11.4. The van der Waals surface area contributed by atoms with E-state index in [2.05, 4.69) is 9.97 Å². The molecule has 2 aliphatic heterocycles. The molecule has 5 heterocycles. The summed E-state index contributed by atoms with van der Waals surface area (Å²) in [6.07, 6.45) is 7.83. The second-order valence-electron chi connectivity index (χ2n) is 13.0. The molecule has 0 unspecified atom stereocenters. The van der Waals surface area contributed by atoms with Crippen LogP contribution in [0, 0.1) is 0 Å². The van der Waals surface area contributed by atoms with E-state index in [4.69, 9.17) is 103 Å². The molecule has 1 radical (unpaired) electrons. The van der Waals surface area contributed by atoms with Crippen LogP contribution in [-0.4, -0.2) is 19.9 Å². The molecule has 0 spiro atoms. The minimum absolute atomic E-state index is 0. The topological polar surface area (TPSA) is 57.4 Å². The number of halogens is 8. The predicted octanol–water partition coefficient (Wildman–Crippen LogP) is 16.5. The molecule has 285 valence electrons. The van der Waals surface area contributed by atoms with Crippen molar-refractivity contribution in [2.24, 2.45) is 0 Å². The van der Waals surface area contributed by atoms with Gasteiger partial charge in [-0.05, 0) is 97.1 Å². The van der Waals surface area contributed by atoms with Crippen LogP contribution in [0.1, 0.15) is 22.8 Å². The van der Waals surface area contributed by atoms with Gasteiger partial charge in [-0.1, -0.05) is 117 Å². The monoisotopic (exact) mass is 949 g/mol. The number of hydrogen-bond donors (Lipinski definition) is 2. The average Bonchev–Trinajstić information content (AvgIpc) is 3.99. The van der Waals surface area contributed by atoms with Crippen LogP contribution in [0.3, 0.4) is 0 Å². The maximum atomic E-state index is 6.94. The fraction of sp³-hybridized carbons (Fsp3) is 0. The van der Waals surface area contributed by atoms with E-state index in [1.807, 2.05) is 72.8 Å². The van der Waals surface area contributed by atoms with Gasteiger partial charge < -0.3 is 9.97 Å². The molecule has 3 aromatic heterocycles. The number of hydrogen-bond acceptors (Lipinski definition) is 2. The summed E-state index contributed by atoms with van der Waals surface area (Å²) in [5.74, 6) is 0. The SMILES string of the molecule is Clc1ccc(-c2c3nc(c(-c4ccc(Cl)cc4Cl)c4ccc([nH]4)c(-c4ccc(Cl)cc4Cl)c4nc(c(-c5ccc(Cl)cc5Cl)c5ccc2[nH]5)C=C4)C=C3)c(Cl)c1.[Cu]. The third-order valence-corrected chi connectivity index (χ3v) is 11.7. The summed E-state index contributed by atoms with van der Waals surface area (Å²) in [4.78, 5) is 17.9. The third kappa shape index (κ3) is 7.57. The Morgan fingerprint density at radius 2 is 0.544 bits per heavy atom. The summed E-state index contributed by atoms with van der Waals surface area (Å²) in [6.45, 7) is 0. The van der Waals surface area contributed by atoms with Crippen LogP contribution in [-0.2, 0) is 17.1 Å². The zero-order chi connectivity index (χ0) is 38.8. The molecule has 0 atom stereocenters. The molecule has 0 saturated carbocycles. The summed E-state index contributed by atoms with van der Waals surface area (Å²) in [6, 6.07) is 29.5. The minimum Gasteiger partial charge on any atom is -0.354 e. The van der Waals surface area contributed by atoms with Gasteiger partial charge in [-0.15, -0.1) is 0 Å². The molecule has 4 nitrogen and oxygen atoms in total. The quantitative estimate of drug-likeness (QED) is 0.173. The van der Waals surface area contributed by atoms with Crippen molar-refractivity contribution in [3.05, 3.63) is 160 Å². The van der Waals surface area contributed by atoms with Crippen LogP contribution in [0.4, 0.5) is 0 Å². The zero-order valence-corrected chi connectivity index (χ0v) is 35.8. The first kappa shape index (κ1) is 40.1. The van der Waals surface area contributed by atoms with Crippen LogP contribution in [0.25, 0.3) is 90.9 Å². The van der Waals surface area contributed by atoms with E-state index in [1.165, 1.54) is 0 Å². The number of aromatic nitrogens is 4. The van der Waals surface area contributed by atoms with Crippen LogP contribution >= 0.6 is 92.8 Å². The van der Waals surface area contributed by atoms with Gasteiger partial charge >= 0.3 is 0 Å². The van der Waals surface area contributed by atoms with E-state index in [-0.39, 0.29) is 17.1 Å². The summed E-state index contributed by atoms with van der Waals surface area (Å²) in [7, 11) is 0. The fourth-order valence-electron chi connectivity index (χ4n) is 7.11. The Balaban J connectivity index is 0.00000455. The Labute approximate surface area is 377 Å². The van der Waals surface area contributed by atoms with Crippen molar-refractivity contribution in [2.75, 3.05) is 0 Å². The zero-order valence-electron chi connectivity index (χ0n) is 28.8. The summed E-state index contributed by atoms with van der Waals surface area (Å²) in [5, 5.41) is 3.86. The van der Waals surface area contributed by atoms with Gasteiger partial charge in [-0.2, -0.15) is 0 Å². The van der Waals surface area contributed by atoms with Crippen LogP contribution in [0.15, 0.2) is 97.1 Å². The third-order valence-electron chi connectivity index (χ3n) is 9.56. The number of benzene rings is 4. The Bertz CT molecular complexity index is 2640. The van der Waals surface area contributed by atoms with Gasteiger partial charge in [0.1, 0.15) is 0 Å². The first-order chi connectivity index (χ1) is 27.0. The largest absolute Gasteiger partial charge is 0.354 e. The number of nitrogens with one attached hydrogen (secondary N) is 2. The van der Waals surface area contributed by atoms with Crippen molar-refractivity contribution >= 4 is 139 Å². The van der Waals surface area contributed by atoms with Crippen molar-refractivity contribution in [3.63, 3.8) is 0 Å². The first-order valence-corrected chi connectivity index (χ1v) is 20.0. The summed E-state index contributed by atoms with van der Waals surface area (Å²) < 4.78 is 0. The molecule has 2 N–H and O–H groups in total. The van der Waals surface area contributed by atoms with Crippen molar-refractivity contribution in [2.45, 2.75) is 0 Å². The number of rotatable bonds is 4. The van der Waals surface area contributed by atoms with Gasteiger partial charge in [0, 0.05) is 104 Å². The second kappa shape index (κ2) is 16.2. The van der Waals surface area contributed by atoms with Gasteiger partial charge in [0.2, 0.25) is 0 Å². The molecular formula is C44H22Cl8CuN4. The minimum atomic E-state index is 0. The molecule has 2 aliphatic rings. The van der Waals surface area contributed by atoms with E-state index in [0.717, 1.165) is 66.6 Å². The fourth-order valence-corrected chi connectivity index (χ4v) is 9.12. The molecule has 0 saturated heterocycles. The Morgan fingerprint density at radius 1 is 0.316 bits per heavy atom. The molecule has 0 fully saturated rings. The smallest absolute Gasteiger partial charge is 0.0737 e. The standard InChI is InChI=1S/C44H22Cl8N4.Cu/c45-21-1-5-25(29(49)17-21)41-33-9-11-35(53-33)42(26-6-2-22(46)18-30(26)50)37-13-15-39(55-37)44(28-8-4-24(48)20-32(28)52)40-16-14-38(56-40)43(36-12-10-34(41)54-36)27-7-3-23(47)19-31(27)51;/h1-20,53,56H;. The molecule has 4 aromatic carbocycles. The van der Waals surface area contributed by atoms with E-state index >= 15 is 0 Å². The first-order valence-electron chi connectivity index (χ1n) is 17.0. The number of nitrogens with zero attached hydrogens (tertiary/aromatic N) is 2. The normalized spacial score (nSPS) is 11.9. The molecule has 9 rings (SSSR count). The molecule has 7 aromatic rings. The average molecular weight is 954 g/mol. The van der Waals surface area contributed by atoms with Crippen molar-refractivity contribution in [3.8, 4) is 44.5 Å². The molecule has 13 heteroatoms. The van der Waals surface area contributed by atoms with E-state index < -0.39 is 0 Å². The number of fused-ring (bicyclic) bond motifs is 8. The summed E-state index contributed by atoms with van der Waals surface area (Å²) >= 11 is 53.4. The molecule has 0 aliphatic carbocycles. The predicted molar refractivity (Wildman–Crippen MR) is 241 cm³/mol. The van der Waals surface area contributed by atoms with E-state index in [9.17, 15) is 0 Å². The van der Waals surface area contributed by atoms with Gasteiger partial charge in [-0.3, -0.25) is 0 Å². The van der Waals surface area contributed by atoms with Crippen LogP contribution in [0.5, 0.6) is 0 Å². The van der Waals surface area contributed by atoms with Gasteiger partial charge in [0.05, 0.1) is 42.9 Å². The number of H-pyrrole nitrogens is 2. The van der Waals surface area contributed by atoms with Crippen LogP contribution < -0.4 is 0 Å². The molecule has 57 heavy (non-hydrogen) atoms. The second-order valence-corrected chi connectivity index (χ2v) is 16.4. The molecule has 8 bridgehead atoms. The van der Waals surface area contributed by atoms with Gasteiger partial charge in [0.25, 0.3) is 0 Å². The van der Waals surface area contributed by atoms with Crippen LogP contribution in [0.2, 0.25) is 40.2 Å². The van der Waals surface area contributed by atoms with Gasteiger partial charge in [-0.25, -0.2) is 9.97 Å². The Hall–Kier alpha value is -3.68. The van der Waals surface area contributed by atoms with E-state index in [1.54, 1.807) is 48.5 Å². The van der Waals surface area contributed by atoms with Crippen molar-refractivity contribution < 1.29 is 17.1 Å². The molecular weight excluding hydrogens is 932 g/mol. The van der Waals surface area contributed by atoms with E-state index in [0.29, 0.717) is 63.0 Å². The maximum Gasteiger partial charge on any atom is 0.0737 e. The molecule has 0 amide bonds.